The van der Waals surface area contributed by atoms with E-state index >= 15 is 0 Å². The number of hydrogen-bond acceptors (Lipinski definition) is 4. The van der Waals surface area contributed by atoms with E-state index in [1.165, 1.54) is 5.56 Å². The van der Waals surface area contributed by atoms with Crippen LogP contribution in [0, 0.1) is 5.92 Å². The molecular weight excluding hydrogens is 346 g/mol. The average Bonchev–Trinajstić information content (AvgIpc) is 2.78. The van der Waals surface area contributed by atoms with Gasteiger partial charge in [0.2, 0.25) is 5.91 Å². The van der Waals surface area contributed by atoms with Crippen LogP contribution in [0.5, 0.6) is 0 Å². The van der Waals surface area contributed by atoms with Crippen LogP contribution in [0.2, 0.25) is 0 Å². The van der Waals surface area contributed by atoms with Crippen LogP contribution in [0.1, 0.15) is 51.8 Å². The highest BCUT2D eigenvalue weighted by Crippen LogP contribution is 2.17. The average molecular weight is 373 g/mol. The van der Waals surface area contributed by atoms with E-state index in [0.29, 0.717) is 10.8 Å². The summed E-state index contributed by atoms with van der Waals surface area (Å²) in [4.78, 5) is 49.9. The number of carbonyl (C=O) groups excluding carboxylic acids is 4. The summed E-state index contributed by atoms with van der Waals surface area (Å²) < 4.78 is 0. The quantitative estimate of drug-likeness (QED) is 0.587. The summed E-state index contributed by atoms with van der Waals surface area (Å²) in [6.45, 7) is 8.94. The van der Waals surface area contributed by atoms with Gasteiger partial charge in [-0.2, -0.15) is 0 Å². The van der Waals surface area contributed by atoms with Crippen molar-refractivity contribution in [2.45, 2.75) is 53.1 Å². The Balaban J connectivity index is 1.98. The van der Waals surface area contributed by atoms with Gasteiger partial charge in [0.15, 0.2) is 0 Å². The third kappa shape index (κ3) is 4.72. The maximum Gasteiger partial charge on any atom is 0.334 e. The smallest absolute Gasteiger partial charge is 0.334 e. The fourth-order valence-electron chi connectivity index (χ4n) is 3.04. The molecule has 1 aromatic rings. The van der Waals surface area contributed by atoms with Crippen molar-refractivity contribution in [2.75, 3.05) is 6.54 Å². The highest BCUT2D eigenvalue weighted by Gasteiger charge is 2.46. The lowest BCUT2D eigenvalue weighted by atomic mass is 10.00. The van der Waals surface area contributed by atoms with Crippen molar-refractivity contribution < 1.29 is 19.2 Å². The lowest BCUT2D eigenvalue weighted by Gasteiger charge is -2.19. The second-order valence-electron chi connectivity index (χ2n) is 7.57. The van der Waals surface area contributed by atoms with Gasteiger partial charge >= 0.3 is 17.8 Å². The van der Waals surface area contributed by atoms with Gasteiger partial charge in [-0.15, -0.1) is 0 Å². The molecule has 1 aliphatic heterocycles. The van der Waals surface area contributed by atoms with Crippen LogP contribution in [0.4, 0.5) is 4.79 Å². The predicted molar refractivity (Wildman–Crippen MR) is 101 cm³/mol. The van der Waals surface area contributed by atoms with Crippen LogP contribution in [0.15, 0.2) is 24.3 Å². The summed E-state index contributed by atoms with van der Waals surface area (Å²) in [5.74, 6) is -1.78. The molecule has 1 fully saturated rings. The Morgan fingerprint density at radius 1 is 0.963 bits per heavy atom. The number of nitrogens with zero attached hydrogens (tertiary/aromatic N) is 2. The molecule has 7 heteroatoms. The Morgan fingerprint density at radius 3 is 2.04 bits per heavy atom. The lowest BCUT2D eigenvalue weighted by molar-refractivity contribution is -0.144. The van der Waals surface area contributed by atoms with Crippen molar-refractivity contribution in [3.63, 3.8) is 0 Å². The number of nitrogens with one attached hydrogen (secondary N) is 1. The van der Waals surface area contributed by atoms with Crippen molar-refractivity contribution in [1.29, 1.82) is 0 Å². The third-order valence-corrected chi connectivity index (χ3v) is 4.40. The number of amides is 5. The summed E-state index contributed by atoms with van der Waals surface area (Å²) in [5, 5.41) is 2.77. The van der Waals surface area contributed by atoms with Crippen molar-refractivity contribution in [2.24, 2.45) is 5.92 Å². The predicted octanol–water partition coefficient (Wildman–Crippen LogP) is 2.26. The molecule has 0 bridgehead atoms. The number of rotatable bonds is 7. The molecule has 0 saturated carbocycles. The van der Waals surface area contributed by atoms with Crippen molar-refractivity contribution in [1.82, 2.24) is 15.1 Å². The van der Waals surface area contributed by atoms with Crippen molar-refractivity contribution in [3.8, 4) is 0 Å². The van der Waals surface area contributed by atoms with E-state index in [1.54, 1.807) is 13.8 Å². The molecule has 0 radical (unpaired) electrons. The Bertz CT molecular complexity index is 740. The number of benzene rings is 1. The molecule has 0 aliphatic carbocycles. The zero-order valence-electron chi connectivity index (χ0n) is 16.5. The standard InChI is InChI=1S/C20H27N3O4/c1-12(2)10-15-6-8-16(9-7-15)14(5)21-17(24)11-22-18(25)19(26)23(13(3)4)20(22)27/h6-9,12-14H,10-11H2,1-5H3,(H,21,24). The minimum atomic E-state index is -0.963. The fourth-order valence-corrected chi connectivity index (χ4v) is 3.04. The van der Waals surface area contributed by atoms with E-state index in [1.807, 2.05) is 31.2 Å². The Kier molecular flexibility index (Phi) is 6.36. The first-order valence-corrected chi connectivity index (χ1v) is 9.19. The van der Waals surface area contributed by atoms with E-state index in [-0.39, 0.29) is 6.04 Å². The highest BCUT2D eigenvalue weighted by molar-refractivity contribution is 6.45. The highest BCUT2D eigenvalue weighted by atomic mass is 16.2. The van der Waals surface area contributed by atoms with Gasteiger partial charge in [0, 0.05) is 6.04 Å². The Labute approximate surface area is 159 Å². The summed E-state index contributed by atoms with van der Waals surface area (Å²) in [6, 6.07) is 6.51. The second kappa shape index (κ2) is 8.33. The van der Waals surface area contributed by atoms with Crippen LogP contribution in [-0.4, -0.2) is 46.1 Å². The van der Waals surface area contributed by atoms with E-state index in [2.05, 4.69) is 19.2 Å². The monoisotopic (exact) mass is 373 g/mol. The second-order valence-corrected chi connectivity index (χ2v) is 7.57. The van der Waals surface area contributed by atoms with Crippen LogP contribution in [-0.2, 0) is 20.8 Å². The van der Waals surface area contributed by atoms with Gasteiger partial charge in [-0.05, 0) is 44.2 Å². The minimum Gasteiger partial charge on any atom is -0.348 e. The molecule has 5 amide bonds. The Morgan fingerprint density at radius 2 is 1.56 bits per heavy atom. The molecule has 1 N–H and O–H groups in total. The van der Waals surface area contributed by atoms with Crippen LogP contribution >= 0.6 is 0 Å². The summed E-state index contributed by atoms with van der Waals surface area (Å²) in [7, 11) is 0. The van der Waals surface area contributed by atoms with Crippen molar-refractivity contribution >= 4 is 23.8 Å². The molecular formula is C20H27N3O4. The van der Waals surface area contributed by atoms with Gasteiger partial charge in [0.05, 0.1) is 6.04 Å². The summed E-state index contributed by atoms with van der Waals surface area (Å²) in [5.41, 5.74) is 2.16. The van der Waals surface area contributed by atoms with E-state index < -0.39 is 36.3 Å². The van der Waals surface area contributed by atoms with Crippen LogP contribution in [0.25, 0.3) is 0 Å². The molecule has 1 aromatic carbocycles. The zero-order chi connectivity index (χ0) is 20.3. The molecule has 27 heavy (non-hydrogen) atoms. The van der Waals surface area contributed by atoms with Gasteiger partial charge in [0.1, 0.15) is 6.54 Å². The van der Waals surface area contributed by atoms with Gasteiger partial charge < -0.3 is 5.32 Å². The summed E-state index contributed by atoms with van der Waals surface area (Å²) in [6.07, 6.45) is 0.987. The van der Waals surface area contributed by atoms with Crippen LogP contribution < -0.4 is 5.32 Å². The van der Waals surface area contributed by atoms with Gasteiger partial charge in [-0.25, -0.2) is 9.69 Å². The number of urea groups is 1. The van der Waals surface area contributed by atoms with E-state index in [9.17, 15) is 19.2 Å². The van der Waals surface area contributed by atoms with E-state index in [4.69, 9.17) is 0 Å². The van der Waals surface area contributed by atoms with E-state index in [0.717, 1.165) is 16.9 Å². The number of carbonyl (C=O) groups is 4. The molecule has 0 aromatic heterocycles. The van der Waals surface area contributed by atoms with Gasteiger partial charge in [0.25, 0.3) is 0 Å². The lowest BCUT2D eigenvalue weighted by Crippen LogP contribution is -2.43. The maximum atomic E-state index is 12.3. The SMILES string of the molecule is CC(C)Cc1ccc(C(C)NC(=O)CN2C(=O)C(=O)N(C(C)C)C2=O)cc1. The largest absolute Gasteiger partial charge is 0.348 e. The molecule has 1 saturated heterocycles. The third-order valence-electron chi connectivity index (χ3n) is 4.40. The number of hydrogen-bond donors (Lipinski definition) is 1. The topological polar surface area (TPSA) is 86.8 Å². The van der Waals surface area contributed by atoms with Crippen molar-refractivity contribution in [3.05, 3.63) is 35.4 Å². The zero-order valence-corrected chi connectivity index (χ0v) is 16.5. The first-order chi connectivity index (χ1) is 12.6. The van der Waals surface area contributed by atoms with Gasteiger partial charge in [-0.3, -0.25) is 19.3 Å². The molecule has 1 unspecified atom stereocenters. The molecule has 146 valence electrons. The van der Waals surface area contributed by atoms with Crippen LogP contribution in [0.3, 0.4) is 0 Å². The molecule has 1 atom stereocenters. The molecule has 7 nitrogen and oxygen atoms in total. The Hall–Kier alpha value is -2.70. The minimum absolute atomic E-state index is 0.282. The maximum absolute atomic E-state index is 12.3. The molecule has 1 heterocycles. The fraction of sp³-hybridized carbons (Fsp3) is 0.500. The summed E-state index contributed by atoms with van der Waals surface area (Å²) >= 11 is 0. The first kappa shape index (κ1) is 20.6. The number of imide groups is 2. The molecule has 1 aliphatic rings. The first-order valence-electron chi connectivity index (χ1n) is 9.19. The molecule has 2 rings (SSSR count). The van der Waals surface area contributed by atoms with Gasteiger partial charge in [-0.1, -0.05) is 38.1 Å². The molecule has 0 spiro atoms. The normalized spacial score (nSPS) is 15.9.